The first-order chi connectivity index (χ1) is 17.3. The van der Waals surface area contributed by atoms with Crippen molar-refractivity contribution in [3.8, 4) is 0 Å². The van der Waals surface area contributed by atoms with E-state index in [-0.39, 0.29) is 24.0 Å². The van der Waals surface area contributed by atoms with Crippen molar-refractivity contribution < 1.29 is 19.8 Å². The van der Waals surface area contributed by atoms with Crippen LogP contribution in [0.3, 0.4) is 0 Å². The van der Waals surface area contributed by atoms with Crippen LogP contribution in [-0.2, 0) is 9.59 Å². The fourth-order valence-electron chi connectivity index (χ4n) is 9.56. The zero-order valence-electron chi connectivity index (χ0n) is 23.1. The fraction of sp³-hybridized carbons (Fsp3) is 0.935. The van der Waals surface area contributed by atoms with Gasteiger partial charge in [0.25, 0.3) is 0 Å². The van der Waals surface area contributed by atoms with Crippen LogP contribution in [0.15, 0.2) is 0 Å². The Hall–Kier alpha value is -0.940. The van der Waals surface area contributed by atoms with E-state index in [1.165, 1.54) is 64.2 Å². The van der Waals surface area contributed by atoms with E-state index in [1.54, 1.807) is 0 Å². The highest BCUT2D eigenvalue weighted by molar-refractivity contribution is 5.79. The van der Waals surface area contributed by atoms with Gasteiger partial charge in [0.1, 0.15) is 5.78 Å². The number of fused-ring (bicyclic) bond motifs is 5. The number of hydrogen-bond donors (Lipinski definition) is 3. The van der Waals surface area contributed by atoms with E-state index in [4.69, 9.17) is 5.11 Å². The number of carbonyl (C=O) groups excluding carboxylic acids is 2. The number of rotatable bonds is 12. The van der Waals surface area contributed by atoms with Crippen molar-refractivity contribution in [1.82, 2.24) is 5.32 Å². The SMILES string of the molecule is C[C@]12CCC(=O)CC1CC[C@@H]1[C@H]2C(CCCCCCCCCC(=O)NCCO)C[C@]2(C)C(O)CC[C@@H]12. The second-order valence-corrected chi connectivity index (χ2v) is 13.5. The van der Waals surface area contributed by atoms with Gasteiger partial charge in [-0.25, -0.2) is 0 Å². The largest absolute Gasteiger partial charge is 0.395 e. The third-order valence-electron chi connectivity index (χ3n) is 11.4. The highest BCUT2D eigenvalue weighted by atomic mass is 16.3. The van der Waals surface area contributed by atoms with Crippen LogP contribution in [0.5, 0.6) is 0 Å². The number of hydrogen-bond acceptors (Lipinski definition) is 4. The van der Waals surface area contributed by atoms with Gasteiger partial charge in [-0.3, -0.25) is 9.59 Å². The number of ketones is 1. The molecule has 0 aromatic rings. The van der Waals surface area contributed by atoms with Crippen molar-refractivity contribution in [3.63, 3.8) is 0 Å². The first-order valence-corrected chi connectivity index (χ1v) is 15.4. The van der Waals surface area contributed by atoms with Gasteiger partial charge in [-0.1, -0.05) is 58.8 Å². The highest BCUT2D eigenvalue weighted by Gasteiger charge is 2.62. The molecular formula is C31H53NO4. The first-order valence-electron chi connectivity index (χ1n) is 15.4. The molecule has 0 aromatic carbocycles. The summed E-state index contributed by atoms with van der Waals surface area (Å²) in [6.45, 7) is 5.32. The Balaban J connectivity index is 1.27. The minimum absolute atomic E-state index is 0.00784. The Labute approximate surface area is 219 Å². The molecule has 0 heterocycles. The van der Waals surface area contributed by atoms with Crippen molar-refractivity contribution in [1.29, 1.82) is 0 Å². The third-order valence-corrected chi connectivity index (χ3v) is 11.4. The standard InChI is InChI=1S/C31H53NO4/c1-30-17-16-24(34)20-23(30)12-13-25-26-14-15-27(35)31(26,2)21-22(29(25)30)10-8-6-4-3-5-7-9-11-28(36)32-18-19-33/h22-23,25-27,29,33,35H,3-21H2,1-2H3,(H,32,36)/t22?,23?,25-,26-,27?,29+,30-,31-/m0/s1. The Morgan fingerprint density at radius 1 is 0.972 bits per heavy atom. The molecule has 0 radical (unpaired) electrons. The zero-order valence-corrected chi connectivity index (χ0v) is 23.1. The van der Waals surface area contributed by atoms with Crippen molar-refractivity contribution in [2.75, 3.05) is 13.2 Å². The molecule has 5 heteroatoms. The summed E-state index contributed by atoms with van der Waals surface area (Å²) in [5, 5.41) is 22.5. The number of aliphatic hydroxyl groups excluding tert-OH is 2. The van der Waals surface area contributed by atoms with Gasteiger partial charge in [0, 0.05) is 25.8 Å². The molecule has 206 valence electrons. The molecule has 4 aliphatic rings. The lowest BCUT2D eigenvalue weighted by Gasteiger charge is -2.62. The molecule has 1 amide bonds. The fourth-order valence-corrected chi connectivity index (χ4v) is 9.56. The second-order valence-electron chi connectivity index (χ2n) is 13.5. The van der Waals surface area contributed by atoms with Gasteiger partial charge in [0.2, 0.25) is 5.91 Å². The molecule has 36 heavy (non-hydrogen) atoms. The average Bonchev–Trinajstić information content (AvgIpc) is 3.15. The summed E-state index contributed by atoms with van der Waals surface area (Å²) < 4.78 is 0. The molecule has 3 N–H and O–H groups in total. The lowest BCUT2D eigenvalue weighted by Crippen LogP contribution is -2.57. The lowest BCUT2D eigenvalue weighted by molar-refractivity contribution is -0.159. The van der Waals surface area contributed by atoms with Gasteiger partial charge in [-0.15, -0.1) is 0 Å². The van der Waals surface area contributed by atoms with E-state index in [1.807, 2.05) is 0 Å². The number of nitrogens with one attached hydrogen (secondary N) is 1. The molecule has 4 aliphatic carbocycles. The van der Waals surface area contributed by atoms with Crippen LogP contribution >= 0.6 is 0 Å². The normalized spacial score (nSPS) is 39.8. The first kappa shape index (κ1) is 28.1. The van der Waals surface area contributed by atoms with Gasteiger partial charge in [0.15, 0.2) is 0 Å². The quantitative estimate of drug-likeness (QED) is 0.294. The predicted octanol–water partition coefficient (Wildman–Crippen LogP) is 5.80. The summed E-state index contributed by atoms with van der Waals surface area (Å²) in [5.74, 6) is 4.00. The van der Waals surface area contributed by atoms with Crippen LogP contribution in [0.1, 0.15) is 123 Å². The number of Topliss-reactive ketones (excluding diaryl/α,β-unsaturated/α-hetero) is 1. The van der Waals surface area contributed by atoms with E-state index >= 15 is 0 Å². The van der Waals surface area contributed by atoms with Crippen molar-refractivity contribution in [2.24, 2.45) is 40.4 Å². The monoisotopic (exact) mass is 503 g/mol. The molecule has 0 aromatic heterocycles. The Bertz CT molecular complexity index is 755. The molecule has 0 bridgehead atoms. The predicted molar refractivity (Wildman–Crippen MR) is 143 cm³/mol. The van der Waals surface area contributed by atoms with E-state index in [2.05, 4.69) is 19.2 Å². The summed E-state index contributed by atoms with van der Waals surface area (Å²) in [7, 11) is 0. The topological polar surface area (TPSA) is 86.6 Å². The van der Waals surface area contributed by atoms with Crippen molar-refractivity contribution in [2.45, 2.75) is 129 Å². The molecule has 0 saturated heterocycles. The summed E-state index contributed by atoms with van der Waals surface area (Å²) in [4.78, 5) is 23.9. The van der Waals surface area contributed by atoms with Crippen LogP contribution in [-0.4, -0.2) is 41.2 Å². The maximum absolute atomic E-state index is 12.3. The summed E-state index contributed by atoms with van der Waals surface area (Å²) >= 11 is 0. The zero-order chi connectivity index (χ0) is 25.8. The van der Waals surface area contributed by atoms with E-state index < -0.39 is 0 Å². The van der Waals surface area contributed by atoms with Crippen LogP contribution in [0.2, 0.25) is 0 Å². The summed E-state index contributed by atoms with van der Waals surface area (Å²) in [6, 6.07) is 0. The third kappa shape index (κ3) is 5.87. The van der Waals surface area contributed by atoms with Crippen LogP contribution < -0.4 is 5.32 Å². The highest BCUT2D eigenvalue weighted by Crippen LogP contribution is 2.68. The molecular weight excluding hydrogens is 450 g/mol. The molecule has 0 spiro atoms. The van der Waals surface area contributed by atoms with Crippen LogP contribution in [0, 0.1) is 40.4 Å². The van der Waals surface area contributed by atoms with Gasteiger partial charge in [0.05, 0.1) is 12.7 Å². The maximum atomic E-state index is 12.3. The molecule has 0 aliphatic heterocycles. The van der Waals surface area contributed by atoms with Crippen molar-refractivity contribution >= 4 is 11.7 Å². The molecule has 5 nitrogen and oxygen atoms in total. The minimum atomic E-state index is -0.130. The molecule has 4 saturated carbocycles. The number of aliphatic hydroxyl groups is 2. The van der Waals surface area contributed by atoms with Gasteiger partial charge in [-0.05, 0) is 85.4 Å². The second kappa shape index (κ2) is 12.3. The number of unbranched alkanes of at least 4 members (excludes halogenated alkanes) is 6. The number of carbonyl (C=O) groups is 2. The Kier molecular flexibility index (Phi) is 9.58. The molecule has 8 atom stereocenters. The molecule has 4 fully saturated rings. The average molecular weight is 504 g/mol. The maximum Gasteiger partial charge on any atom is 0.220 e. The van der Waals surface area contributed by atoms with Gasteiger partial charge in [-0.2, -0.15) is 0 Å². The van der Waals surface area contributed by atoms with Gasteiger partial charge >= 0.3 is 0 Å². The van der Waals surface area contributed by atoms with E-state index in [0.717, 1.165) is 50.4 Å². The minimum Gasteiger partial charge on any atom is -0.395 e. The molecule has 3 unspecified atom stereocenters. The number of amides is 1. The molecule has 4 rings (SSSR count). The summed E-state index contributed by atoms with van der Waals surface area (Å²) in [6.07, 6.45) is 18.6. The smallest absolute Gasteiger partial charge is 0.220 e. The van der Waals surface area contributed by atoms with Crippen LogP contribution in [0.25, 0.3) is 0 Å². The Morgan fingerprint density at radius 2 is 1.69 bits per heavy atom. The van der Waals surface area contributed by atoms with Crippen LogP contribution in [0.4, 0.5) is 0 Å². The lowest BCUT2D eigenvalue weighted by atomic mass is 9.42. The van der Waals surface area contributed by atoms with Gasteiger partial charge < -0.3 is 15.5 Å². The Morgan fingerprint density at radius 3 is 2.44 bits per heavy atom. The van der Waals surface area contributed by atoms with E-state index in [0.29, 0.717) is 41.9 Å². The summed E-state index contributed by atoms with van der Waals surface area (Å²) in [5.41, 5.74) is 0.419. The van der Waals surface area contributed by atoms with E-state index in [9.17, 15) is 14.7 Å². The van der Waals surface area contributed by atoms with Crippen molar-refractivity contribution in [3.05, 3.63) is 0 Å².